The summed E-state index contributed by atoms with van der Waals surface area (Å²) in [7, 11) is 0. The molecule has 0 unspecified atom stereocenters. The van der Waals surface area contributed by atoms with Crippen LogP contribution in [0, 0.1) is 6.92 Å². The lowest BCUT2D eigenvalue weighted by atomic mass is 10.0. The molecule has 9 nitrogen and oxygen atoms in total. The third-order valence-corrected chi connectivity index (χ3v) is 5.10. The van der Waals surface area contributed by atoms with Gasteiger partial charge in [0.25, 0.3) is 5.91 Å². The van der Waals surface area contributed by atoms with E-state index >= 15 is 0 Å². The minimum atomic E-state index is -4.58. The molecule has 1 aromatic carbocycles. The molecule has 0 bridgehead atoms. The molecular weight excluding hydrogens is 467 g/mol. The number of rotatable bonds is 8. The SMILES string of the molecule is Cc1cc(C(=O)O)[nH]c1C(=O)N[C@@H](Cc1cccc(C(F)(F)F)c1)C(=O)NCc1ccc(N)nc1. The zero-order valence-electron chi connectivity index (χ0n) is 18.4. The van der Waals surface area contributed by atoms with Crippen molar-refractivity contribution < 1.29 is 32.7 Å². The van der Waals surface area contributed by atoms with E-state index in [9.17, 15) is 27.6 Å². The quantitative estimate of drug-likeness (QED) is 0.328. The maximum absolute atomic E-state index is 13.1. The van der Waals surface area contributed by atoms with E-state index in [2.05, 4.69) is 20.6 Å². The first-order valence-electron chi connectivity index (χ1n) is 10.3. The number of aryl methyl sites for hydroxylation is 1. The fourth-order valence-corrected chi connectivity index (χ4v) is 3.31. The minimum Gasteiger partial charge on any atom is -0.477 e. The molecule has 0 aliphatic carbocycles. The molecule has 3 rings (SSSR count). The monoisotopic (exact) mass is 489 g/mol. The highest BCUT2D eigenvalue weighted by Gasteiger charge is 2.31. The third-order valence-electron chi connectivity index (χ3n) is 5.10. The van der Waals surface area contributed by atoms with Crippen molar-refractivity contribution in [1.82, 2.24) is 20.6 Å². The normalized spacial score (nSPS) is 12.1. The number of alkyl halides is 3. The first kappa shape index (κ1) is 25.3. The Morgan fingerprint density at radius 2 is 1.89 bits per heavy atom. The first-order valence-corrected chi connectivity index (χ1v) is 10.3. The Morgan fingerprint density at radius 3 is 2.49 bits per heavy atom. The number of benzene rings is 1. The van der Waals surface area contributed by atoms with Crippen molar-refractivity contribution in [2.45, 2.75) is 32.1 Å². The summed E-state index contributed by atoms with van der Waals surface area (Å²) in [4.78, 5) is 43.3. The molecule has 0 saturated heterocycles. The van der Waals surface area contributed by atoms with E-state index in [0.29, 0.717) is 11.1 Å². The van der Waals surface area contributed by atoms with Crippen LogP contribution in [-0.2, 0) is 23.9 Å². The summed E-state index contributed by atoms with van der Waals surface area (Å²) in [6.07, 6.45) is -3.37. The van der Waals surface area contributed by atoms with Crippen LogP contribution in [0.3, 0.4) is 0 Å². The van der Waals surface area contributed by atoms with Gasteiger partial charge in [0.1, 0.15) is 23.2 Å². The zero-order chi connectivity index (χ0) is 25.8. The summed E-state index contributed by atoms with van der Waals surface area (Å²) in [6.45, 7) is 1.54. The maximum atomic E-state index is 13.1. The largest absolute Gasteiger partial charge is 0.477 e. The molecular formula is C23H22F3N5O4. The average molecular weight is 489 g/mol. The summed E-state index contributed by atoms with van der Waals surface area (Å²) >= 11 is 0. The van der Waals surface area contributed by atoms with Crippen LogP contribution in [0.15, 0.2) is 48.7 Å². The van der Waals surface area contributed by atoms with E-state index < -0.39 is 35.6 Å². The predicted octanol–water partition coefficient (Wildman–Crippen LogP) is 2.67. The number of carboxylic acids is 1. The van der Waals surface area contributed by atoms with Gasteiger partial charge in [-0.15, -0.1) is 0 Å². The number of carboxylic acid groups (broad SMARTS) is 1. The molecule has 2 heterocycles. The van der Waals surface area contributed by atoms with Crippen molar-refractivity contribution >= 4 is 23.6 Å². The Balaban J connectivity index is 1.83. The molecule has 3 aromatic rings. The Hall–Kier alpha value is -4.35. The molecule has 184 valence electrons. The number of carbonyl (C=O) groups excluding carboxylic acids is 2. The second-order valence-corrected chi connectivity index (χ2v) is 7.78. The highest BCUT2D eigenvalue weighted by molar-refractivity contribution is 5.99. The number of aromatic carboxylic acids is 1. The van der Waals surface area contributed by atoms with Gasteiger partial charge in [0, 0.05) is 19.2 Å². The van der Waals surface area contributed by atoms with E-state index in [1.807, 2.05) is 0 Å². The number of aromatic amines is 1. The number of nitrogen functional groups attached to an aromatic ring is 1. The third kappa shape index (κ3) is 6.59. The second kappa shape index (κ2) is 10.3. The molecule has 2 amide bonds. The molecule has 0 fully saturated rings. The van der Waals surface area contributed by atoms with Gasteiger partial charge in [0.15, 0.2) is 0 Å². The number of nitrogens with zero attached hydrogens (tertiary/aromatic N) is 1. The van der Waals surface area contributed by atoms with Gasteiger partial charge in [-0.2, -0.15) is 13.2 Å². The van der Waals surface area contributed by atoms with E-state index in [-0.39, 0.29) is 35.7 Å². The van der Waals surface area contributed by atoms with Crippen molar-refractivity contribution in [3.63, 3.8) is 0 Å². The number of hydrogen-bond acceptors (Lipinski definition) is 5. The van der Waals surface area contributed by atoms with Gasteiger partial charge in [-0.3, -0.25) is 9.59 Å². The fourth-order valence-electron chi connectivity index (χ4n) is 3.31. The second-order valence-electron chi connectivity index (χ2n) is 7.78. The number of amides is 2. The smallest absolute Gasteiger partial charge is 0.416 e. The van der Waals surface area contributed by atoms with Gasteiger partial charge in [0.05, 0.1) is 5.56 Å². The molecule has 0 saturated carbocycles. The maximum Gasteiger partial charge on any atom is 0.416 e. The topological polar surface area (TPSA) is 150 Å². The average Bonchev–Trinajstić information content (AvgIpc) is 3.20. The summed E-state index contributed by atoms with van der Waals surface area (Å²) in [5, 5.41) is 14.2. The van der Waals surface area contributed by atoms with Crippen LogP contribution >= 0.6 is 0 Å². The molecule has 35 heavy (non-hydrogen) atoms. The molecule has 12 heteroatoms. The summed E-state index contributed by atoms with van der Waals surface area (Å²) in [5.74, 6) is -2.43. The molecule has 1 atom stereocenters. The number of aromatic nitrogens is 2. The number of nitrogens with two attached hydrogens (primary N) is 1. The highest BCUT2D eigenvalue weighted by Crippen LogP contribution is 2.29. The number of H-pyrrole nitrogens is 1. The number of halogens is 3. The van der Waals surface area contributed by atoms with E-state index in [1.165, 1.54) is 37.4 Å². The molecule has 2 aromatic heterocycles. The van der Waals surface area contributed by atoms with E-state index in [1.54, 1.807) is 6.07 Å². The zero-order valence-corrected chi connectivity index (χ0v) is 18.4. The van der Waals surface area contributed by atoms with Crippen LogP contribution in [0.5, 0.6) is 0 Å². The lowest BCUT2D eigenvalue weighted by molar-refractivity contribution is -0.137. The van der Waals surface area contributed by atoms with Crippen molar-refractivity contribution in [2.24, 2.45) is 0 Å². The van der Waals surface area contributed by atoms with Crippen molar-refractivity contribution in [2.75, 3.05) is 5.73 Å². The van der Waals surface area contributed by atoms with Gasteiger partial charge in [-0.1, -0.05) is 24.3 Å². The van der Waals surface area contributed by atoms with E-state index in [4.69, 9.17) is 10.8 Å². The fraction of sp³-hybridized carbons (Fsp3) is 0.217. The van der Waals surface area contributed by atoms with Crippen molar-refractivity contribution in [3.8, 4) is 0 Å². The van der Waals surface area contributed by atoms with Crippen molar-refractivity contribution in [1.29, 1.82) is 0 Å². The minimum absolute atomic E-state index is 0.0335. The Labute approximate surface area is 197 Å². The highest BCUT2D eigenvalue weighted by atomic mass is 19.4. The molecule has 6 N–H and O–H groups in total. The molecule has 0 spiro atoms. The van der Waals surface area contributed by atoms with Gasteiger partial charge >= 0.3 is 12.1 Å². The molecule has 0 radical (unpaired) electrons. The standard InChI is InChI=1S/C23H22F3N5O4/c1-12-7-17(22(34)35)30-19(12)21(33)31-16(9-13-3-2-4-15(8-13)23(24,25)26)20(32)29-11-14-5-6-18(27)28-10-14/h2-8,10,16,30H,9,11H2,1H3,(H2,27,28)(H,29,32)(H,31,33)(H,34,35)/t16-/m0/s1. The van der Waals surface area contributed by atoms with E-state index in [0.717, 1.165) is 12.1 Å². The van der Waals surface area contributed by atoms with Gasteiger partial charge < -0.3 is 26.5 Å². The predicted molar refractivity (Wildman–Crippen MR) is 119 cm³/mol. The van der Waals surface area contributed by atoms with Gasteiger partial charge in [0.2, 0.25) is 5.91 Å². The lowest BCUT2D eigenvalue weighted by Crippen LogP contribution is -2.48. The van der Waals surface area contributed by atoms with Crippen LogP contribution in [0.4, 0.5) is 19.0 Å². The number of carbonyl (C=O) groups is 3. The number of anilines is 1. The molecule has 0 aliphatic heterocycles. The lowest BCUT2D eigenvalue weighted by Gasteiger charge is -2.19. The Bertz CT molecular complexity index is 1240. The summed E-state index contributed by atoms with van der Waals surface area (Å²) in [6, 6.07) is 7.60. The Kier molecular flexibility index (Phi) is 7.43. The molecule has 0 aliphatic rings. The number of nitrogens with one attached hydrogen (secondary N) is 3. The number of pyridine rings is 1. The van der Waals surface area contributed by atoms with Gasteiger partial charge in [-0.25, -0.2) is 9.78 Å². The summed E-state index contributed by atoms with van der Waals surface area (Å²) < 4.78 is 39.4. The van der Waals surface area contributed by atoms with Crippen molar-refractivity contribution in [3.05, 3.63) is 82.3 Å². The van der Waals surface area contributed by atoms with Crippen LogP contribution < -0.4 is 16.4 Å². The first-order chi connectivity index (χ1) is 16.4. The van der Waals surface area contributed by atoms with Crippen LogP contribution in [0.25, 0.3) is 0 Å². The Morgan fingerprint density at radius 1 is 1.14 bits per heavy atom. The number of hydrogen-bond donors (Lipinski definition) is 5. The van der Waals surface area contributed by atoms with Crippen LogP contribution in [0.2, 0.25) is 0 Å². The summed E-state index contributed by atoms with van der Waals surface area (Å²) in [5.41, 5.74) is 5.46. The van der Waals surface area contributed by atoms with Crippen LogP contribution in [-0.4, -0.2) is 38.9 Å². The van der Waals surface area contributed by atoms with Crippen LogP contribution in [0.1, 0.15) is 43.2 Å². The van der Waals surface area contributed by atoms with Gasteiger partial charge in [-0.05, 0) is 41.8 Å².